The molecule has 1 aliphatic rings. The Morgan fingerprint density at radius 1 is 0.800 bits per heavy atom. The van der Waals surface area contributed by atoms with Gasteiger partial charge in [0, 0.05) is 45.9 Å². The molecular formula is C12H26N2O6. The molecule has 8 heteroatoms. The lowest BCUT2D eigenvalue weighted by molar-refractivity contribution is -0.137. The van der Waals surface area contributed by atoms with Crippen LogP contribution in [-0.4, -0.2) is 59.4 Å². The van der Waals surface area contributed by atoms with Gasteiger partial charge < -0.3 is 26.0 Å². The molecule has 0 aromatic heterocycles. The Morgan fingerprint density at radius 2 is 0.950 bits per heavy atom. The van der Waals surface area contributed by atoms with Gasteiger partial charge in [-0.3, -0.25) is 14.4 Å². The maximum Gasteiger partial charge on any atom is 0.303 e. The Morgan fingerprint density at radius 3 is 1.00 bits per heavy atom. The predicted molar refractivity (Wildman–Crippen MR) is 74.9 cm³/mol. The first-order valence-corrected chi connectivity index (χ1v) is 6.32. The minimum atomic E-state index is -0.833. The van der Waals surface area contributed by atoms with Crippen LogP contribution in [0, 0.1) is 0 Å². The fraction of sp³-hybridized carbons (Fsp3) is 0.750. The molecule has 5 N–H and O–H groups in total. The van der Waals surface area contributed by atoms with Crippen molar-refractivity contribution in [1.29, 1.82) is 0 Å². The molecule has 120 valence electrons. The predicted octanol–water partition coefficient (Wildman–Crippen LogP) is 0.232. The number of hydrogen-bond acceptors (Lipinski definition) is 5. The van der Waals surface area contributed by atoms with Crippen LogP contribution in [0.15, 0.2) is 0 Å². The van der Waals surface area contributed by atoms with Crippen LogP contribution in [0.4, 0.5) is 0 Å². The smallest absolute Gasteiger partial charge is 0.303 e. The van der Waals surface area contributed by atoms with E-state index in [0.717, 1.165) is 33.1 Å². The van der Waals surface area contributed by atoms with Gasteiger partial charge in [0.25, 0.3) is 5.97 Å². The van der Waals surface area contributed by atoms with Gasteiger partial charge in [-0.2, -0.15) is 0 Å². The van der Waals surface area contributed by atoms with Crippen LogP contribution in [0.3, 0.4) is 0 Å². The number of carboxylic acid groups (broad SMARTS) is 3. The molecule has 0 saturated carbocycles. The zero-order chi connectivity index (χ0) is 16.4. The fourth-order valence-electron chi connectivity index (χ4n) is 0.604. The summed E-state index contributed by atoms with van der Waals surface area (Å²) in [6, 6.07) is 0. The Kier molecular flexibility index (Phi) is 23.0. The molecule has 1 rings (SSSR count). The molecule has 0 aromatic rings. The second-order valence-corrected chi connectivity index (χ2v) is 3.51. The molecule has 1 fully saturated rings. The van der Waals surface area contributed by atoms with Crippen LogP contribution in [0.2, 0.25) is 0 Å². The quantitative estimate of drug-likeness (QED) is 0.488. The maximum atomic E-state index is 9.37. The van der Waals surface area contributed by atoms with Gasteiger partial charge in [0.05, 0.1) is 0 Å². The fourth-order valence-corrected chi connectivity index (χ4v) is 0.604. The molecule has 1 aliphatic heterocycles. The zero-order valence-corrected chi connectivity index (χ0v) is 12.3. The van der Waals surface area contributed by atoms with Crippen molar-refractivity contribution in [1.82, 2.24) is 10.6 Å². The van der Waals surface area contributed by atoms with E-state index in [-0.39, 0.29) is 12.8 Å². The second-order valence-electron chi connectivity index (χ2n) is 3.51. The summed E-state index contributed by atoms with van der Waals surface area (Å²) >= 11 is 0. The Bertz CT molecular complexity index is 225. The summed E-state index contributed by atoms with van der Waals surface area (Å²) in [4.78, 5) is 27.7. The van der Waals surface area contributed by atoms with Gasteiger partial charge in [0.1, 0.15) is 0 Å². The summed E-state index contributed by atoms with van der Waals surface area (Å²) in [7, 11) is 0. The zero-order valence-electron chi connectivity index (χ0n) is 12.3. The molecule has 20 heavy (non-hydrogen) atoms. The van der Waals surface area contributed by atoms with Gasteiger partial charge in [-0.1, -0.05) is 13.8 Å². The van der Waals surface area contributed by atoms with Crippen LogP contribution in [0.1, 0.15) is 33.6 Å². The van der Waals surface area contributed by atoms with Crippen molar-refractivity contribution in [2.45, 2.75) is 33.6 Å². The van der Waals surface area contributed by atoms with E-state index in [1.807, 2.05) is 0 Å². The van der Waals surface area contributed by atoms with Crippen molar-refractivity contribution >= 4 is 17.9 Å². The number of carboxylic acids is 3. The highest BCUT2D eigenvalue weighted by Gasteiger charge is 1.91. The van der Waals surface area contributed by atoms with Crippen molar-refractivity contribution < 1.29 is 29.7 Å². The number of nitrogens with one attached hydrogen (secondary N) is 2. The molecule has 0 spiro atoms. The van der Waals surface area contributed by atoms with E-state index in [0.29, 0.717) is 0 Å². The monoisotopic (exact) mass is 294 g/mol. The first kappa shape index (κ1) is 23.4. The number of aliphatic carboxylic acids is 3. The van der Waals surface area contributed by atoms with E-state index in [1.54, 1.807) is 13.8 Å². The summed E-state index contributed by atoms with van der Waals surface area (Å²) in [6.45, 7) is 8.84. The van der Waals surface area contributed by atoms with Crippen molar-refractivity contribution in [3.8, 4) is 0 Å². The van der Waals surface area contributed by atoms with E-state index in [9.17, 15) is 9.59 Å². The van der Waals surface area contributed by atoms with Gasteiger partial charge in [-0.05, 0) is 0 Å². The molecule has 0 radical (unpaired) electrons. The highest BCUT2D eigenvalue weighted by molar-refractivity contribution is 5.66. The van der Waals surface area contributed by atoms with Crippen LogP contribution >= 0.6 is 0 Å². The molecule has 1 saturated heterocycles. The lowest BCUT2D eigenvalue weighted by Gasteiger charge is -2.11. The topological polar surface area (TPSA) is 136 Å². The molecule has 8 nitrogen and oxygen atoms in total. The van der Waals surface area contributed by atoms with Crippen molar-refractivity contribution in [2.24, 2.45) is 0 Å². The van der Waals surface area contributed by atoms with E-state index in [4.69, 9.17) is 20.1 Å². The van der Waals surface area contributed by atoms with Crippen LogP contribution in [0.25, 0.3) is 0 Å². The second kappa shape index (κ2) is 19.7. The molecule has 0 unspecified atom stereocenters. The van der Waals surface area contributed by atoms with Gasteiger partial charge in [-0.15, -0.1) is 0 Å². The number of carbonyl (C=O) groups is 3. The Balaban J connectivity index is -0.000000195. The highest BCUT2D eigenvalue weighted by atomic mass is 16.4. The third kappa shape index (κ3) is 55.3. The normalized spacial score (nSPS) is 12.2. The van der Waals surface area contributed by atoms with E-state index < -0.39 is 17.9 Å². The highest BCUT2D eigenvalue weighted by Crippen LogP contribution is 1.67. The van der Waals surface area contributed by atoms with Crippen LogP contribution in [-0.2, 0) is 14.4 Å². The number of rotatable bonds is 2. The Hall–Kier alpha value is -1.67. The van der Waals surface area contributed by atoms with Gasteiger partial charge in [0.15, 0.2) is 0 Å². The summed E-state index contributed by atoms with van der Waals surface area (Å²) in [5, 5.41) is 29.3. The van der Waals surface area contributed by atoms with E-state index in [1.165, 1.54) is 0 Å². The number of hydrogen-bond donors (Lipinski definition) is 5. The van der Waals surface area contributed by atoms with E-state index in [2.05, 4.69) is 10.6 Å². The molecule has 0 bridgehead atoms. The lowest BCUT2D eigenvalue weighted by Crippen LogP contribution is -2.39. The van der Waals surface area contributed by atoms with Crippen LogP contribution in [0.5, 0.6) is 0 Å². The first-order valence-electron chi connectivity index (χ1n) is 6.32. The molecule has 1 heterocycles. The van der Waals surface area contributed by atoms with Gasteiger partial charge >= 0.3 is 11.9 Å². The average molecular weight is 294 g/mol. The summed E-state index contributed by atoms with van der Waals surface area (Å²) in [5.41, 5.74) is 0. The molecule has 0 aromatic carbocycles. The third-order valence-electron chi connectivity index (χ3n) is 1.56. The molecule has 0 amide bonds. The van der Waals surface area contributed by atoms with Crippen molar-refractivity contribution in [2.75, 3.05) is 26.2 Å². The molecule has 0 atom stereocenters. The minimum absolute atomic E-state index is 0.222. The standard InChI is InChI=1S/C4H10N2.2C3H6O2.C2H4O2/c1-2-6-4-3-5-1;2*1-2-3(4)5;1-2(3)4/h5-6H,1-4H2;2*2H2,1H3,(H,4,5);1H3,(H,3,4). The summed E-state index contributed by atoms with van der Waals surface area (Å²) < 4.78 is 0. The minimum Gasteiger partial charge on any atom is -0.481 e. The lowest BCUT2D eigenvalue weighted by atomic mass is 10.4. The van der Waals surface area contributed by atoms with E-state index >= 15 is 0 Å². The Labute approximate surface area is 119 Å². The number of piperazine rings is 1. The van der Waals surface area contributed by atoms with Crippen LogP contribution < -0.4 is 10.6 Å². The summed E-state index contributed by atoms with van der Waals surface area (Å²) in [6.07, 6.45) is 0.444. The largest absolute Gasteiger partial charge is 0.481 e. The SMILES string of the molecule is C1CNCCN1.CC(=O)O.CCC(=O)O.CCC(=O)O. The summed E-state index contributed by atoms with van der Waals surface area (Å²) in [5.74, 6) is -2.32. The first-order chi connectivity index (χ1) is 9.27. The third-order valence-corrected chi connectivity index (χ3v) is 1.56. The average Bonchev–Trinajstić information content (AvgIpc) is 2.41. The molecular weight excluding hydrogens is 268 g/mol. The maximum absolute atomic E-state index is 9.37. The van der Waals surface area contributed by atoms with Crippen molar-refractivity contribution in [3.05, 3.63) is 0 Å². The van der Waals surface area contributed by atoms with Crippen molar-refractivity contribution in [3.63, 3.8) is 0 Å². The van der Waals surface area contributed by atoms with Gasteiger partial charge in [0.2, 0.25) is 0 Å². The molecule has 0 aliphatic carbocycles. The van der Waals surface area contributed by atoms with Gasteiger partial charge in [-0.25, -0.2) is 0 Å².